The second kappa shape index (κ2) is 17.9. The first-order valence-electron chi connectivity index (χ1n) is 18.0. The number of H-pyrrole nitrogens is 2. The third-order valence-corrected chi connectivity index (χ3v) is 9.60. The van der Waals surface area contributed by atoms with Crippen LogP contribution in [0.1, 0.15) is 108 Å². The number of ether oxygens (including phenoxy) is 4. The first-order valence-corrected chi connectivity index (χ1v) is 18.0. The summed E-state index contributed by atoms with van der Waals surface area (Å²) in [7, 11) is 2.54. The van der Waals surface area contributed by atoms with Crippen LogP contribution in [0.3, 0.4) is 0 Å². The summed E-state index contributed by atoms with van der Waals surface area (Å²) in [6.45, 7) is 6.42. The molecular formula is C34H46N10O12. The Bertz CT molecular complexity index is 2270. The van der Waals surface area contributed by atoms with Crippen molar-refractivity contribution in [3.8, 4) is 0 Å². The quantitative estimate of drug-likeness (QED) is 0.130. The van der Waals surface area contributed by atoms with Crippen molar-refractivity contribution < 1.29 is 38.7 Å². The lowest BCUT2D eigenvalue weighted by Crippen LogP contribution is -2.33. The van der Waals surface area contributed by atoms with Crippen LogP contribution < -0.4 is 22.5 Å². The van der Waals surface area contributed by atoms with Gasteiger partial charge in [-0.15, -0.1) is 10.2 Å². The summed E-state index contributed by atoms with van der Waals surface area (Å²) >= 11 is 0. The molecule has 4 N–H and O–H groups in total. The summed E-state index contributed by atoms with van der Waals surface area (Å²) in [5, 5.41) is 35.8. The molecule has 56 heavy (non-hydrogen) atoms. The van der Waals surface area contributed by atoms with Crippen LogP contribution in [0.2, 0.25) is 0 Å². The molecular weight excluding hydrogens is 740 g/mol. The molecule has 4 aromatic heterocycles. The number of aryl methyl sites for hydroxylation is 3. The van der Waals surface area contributed by atoms with E-state index in [4.69, 9.17) is 18.9 Å². The molecule has 6 rings (SSSR count). The second-order valence-corrected chi connectivity index (χ2v) is 13.3. The lowest BCUT2D eigenvalue weighted by atomic mass is 10.1. The average molecular weight is 787 g/mol. The molecule has 22 nitrogen and oxygen atoms in total. The van der Waals surface area contributed by atoms with Crippen molar-refractivity contribution in [1.29, 1.82) is 0 Å². The van der Waals surface area contributed by atoms with Gasteiger partial charge in [-0.05, 0) is 26.7 Å². The van der Waals surface area contributed by atoms with Gasteiger partial charge < -0.3 is 29.2 Å². The van der Waals surface area contributed by atoms with Crippen molar-refractivity contribution >= 4 is 11.9 Å². The normalized spacial score (nSPS) is 21.8. The second-order valence-electron chi connectivity index (χ2n) is 13.3. The van der Waals surface area contributed by atoms with Gasteiger partial charge in [-0.2, -0.15) is 0 Å². The summed E-state index contributed by atoms with van der Waals surface area (Å²) in [5.41, 5.74) is 0.0156. The number of carbonyl (C=O) groups is 2. The summed E-state index contributed by atoms with van der Waals surface area (Å²) in [6.07, 6.45) is 3.16. The smallest absolute Gasteiger partial charge is 0.360 e. The summed E-state index contributed by atoms with van der Waals surface area (Å²) in [4.78, 5) is 76.4. The van der Waals surface area contributed by atoms with Crippen LogP contribution in [0.25, 0.3) is 0 Å². The van der Waals surface area contributed by atoms with E-state index >= 15 is 0 Å². The van der Waals surface area contributed by atoms with Crippen LogP contribution in [-0.2, 0) is 31.8 Å². The SMILES string of the molecule is CCCc1c(C(=O)OC)nnn1[C@H]1C[C@H](n2cc(C)c(=O)[nH]c2=O)O[C@@H]1CO.CCCc1nnn([C@H]2C[C@H](n3cc(C)c(=O)[nH]c3=O)O[C@@H]2CO)c1C(=O)OC. The molecule has 2 aliphatic heterocycles. The molecule has 0 spiro atoms. The van der Waals surface area contributed by atoms with E-state index in [1.165, 1.54) is 40.4 Å². The summed E-state index contributed by atoms with van der Waals surface area (Å²) < 4.78 is 26.8. The fraction of sp³-hybridized carbons (Fsp3) is 0.588. The molecule has 0 bridgehead atoms. The van der Waals surface area contributed by atoms with Gasteiger partial charge in [-0.25, -0.2) is 28.5 Å². The molecule has 0 unspecified atom stereocenters. The molecule has 22 heteroatoms. The molecule has 0 saturated carbocycles. The van der Waals surface area contributed by atoms with Crippen molar-refractivity contribution in [1.82, 2.24) is 49.1 Å². The summed E-state index contributed by atoms with van der Waals surface area (Å²) in [6, 6.07) is -0.983. The highest BCUT2D eigenvalue weighted by molar-refractivity contribution is 5.89. The Morgan fingerprint density at radius 1 is 0.768 bits per heavy atom. The number of esters is 2. The summed E-state index contributed by atoms with van der Waals surface area (Å²) in [5.74, 6) is -1.16. The Morgan fingerprint density at radius 3 is 1.71 bits per heavy atom. The van der Waals surface area contributed by atoms with Crippen molar-refractivity contribution in [3.63, 3.8) is 0 Å². The average Bonchev–Trinajstić information content (AvgIpc) is 3.99. The lowest BCUT2D eigenvalue weighted by Gasteiger charge is -2.18. The number of hydrogen-bond donors (Lipinski definition) is 4. The highest BCUT2D eigenvalue weighted by Crippen LogP contribution is 2.38. The van der Waals surface area contributed by atoms with E-state index in [2.05, 4.69) is 30.6 Å². The van der Waals surface area contributed by atoms with E-state index in [1.807, 2.05) is 13.8 Å². The number of carbonyl (C=O) groups excluding carboxylic acids is 2. The zero-order valence-electron chi connectivity index (χ0n) is 31.8. The number of aliphatic hydroxyl groups excluding tert-OH is 2. The van der Waals surface area contributed by atoms with Crippen LogP contribution in [0, 0.1) is 13.8 Å². The number of aromatic nitrogens is 10. The van der Waals surface area contributed by atoms with E-state index in [-0.39, 0.29) is 31.0 Å². The van der Waals surface area contributed by atoms with Gasteiger partial charge in [0.1, 0.15) is 24.7 Å². The largest absolute Gasteiger partial charge is 0.464 e. The maximum Gasteiger partial charge on any atom is 0.360 e. The fourth-order valence-corrected chi connectivity index (χ4v) is 6.79. The molecule has 6 atom stereocenters. The third kappa shape index (κ3) is 8.32. The molecule has 0 aromatic carbocycles. The van der Waals surface area contributed by atoms with Gasteiger partial charge in [0.05, 0.1) is 50.9 Å². The van der Waals surface area contributed by atoms with Crippen LogP contribution in [-0.4, -0.2) is 111 Å². The Kier molecular flexibility index (Phi) is 13.3. The minimum Gasteiger partial charge on any atom is -0.464 e. The van der Waals surface area contributed by atoms with Gasteiger partial charge in [0, 0.05) is 36.4 Å². The molecule has 4 aromatic rings. The first kappa shape index (κ1) is 41.6. The van der Waals surface area contributed by atoms with E-state index in [9.17, 15) is 39.0 Å². The Labute approximate surface area is 318 Å². The van der Waals surface area contributed by atoms with Crippen LogP contribution in [0.5, 0.6) is 0 Å². The highest BCUT2D eigenvalue weighted by Gasteiger charge is 2.42. The van der Waals surface area contributed by atoms with Crippen LogP contribution in [0.4, 0.5) is 0 Å². The lowest BCUT2D eigenvalue weighted by molar-refractivity contribution is -0.0326. The number of hydrogen-bond acceptors (Lipinski definition) is 16. The Balaban J connectivity index is 0.000000214. The van der Waals surface area contributed by atoms with E-state index in [0.717, 1.165) is 12.8 Å². The maximum absolute atomic E-state index is 12.3. The maximum atomic E-state index is 12.3. The number of methoxy groups -OCH3 is 2. The van der Waals surface area contributed by atoms with Gasteiger partial charge in [0.25, 0.3) is 11.1 Å². The monoisotopic (exact) mass is 786 g/mol. The van der Waals surface area contributed by atoms with Crippen LogP contribution in [0.15, 0.2) is 31.6 Å². The Hall–Kier alpha value is -5.58. The number of aliphatic hydroxyl groups is 2. The molecule has 2 saturated heterocycles. The van der Waals surface area contributed by atoms with E-state index in [1.54, 1.807) is 18.5 Å². The minimum atomic E-state index is -0.741. The standard InChI is InChI=1S/2C17H23N5O6/c1-4-5-10-14(16(25)27-3)19-20-22(10)11-6-13(28-12(11)8-23)21-7-9(2)15(24)18-17(21)26;1-4-5-10-14(16(25)27-3)22(20-19-10)11-6-13(28-12(11)8-23)21-7-9(2)15(24)18-17(21)26/h2*7,11-13,23H,4-6,8H2,1-3H3,(H,18,24,26)/t2*11-,12+,13+/m00/s1. The van der Waals surface area contributed by atoms with Gasteiger partial charge in [0.15, 0.2) is 11.4 Å². The van der Waals surface area contributed by atoms with Crippen molar-refractivity contribution in [2.24, 2.45) is 0 Å². The first-order chi connectivity index (χ1) is 26.8. The van der Waals surface area contributed by atoms with E-state index < -0.39 is 71.2 Å². The zero-order valence-corrected chi connectivity index (χ0v) is 31.8. The molecule has 304 valence electrons. The van der Waals surface area contributed by atoms with Crippen molar-refractivity contribution in [2.75, 3.05) is 27.4 Å². The van der Waals surface area contributed by atoms with Gasteiger partial charge in [0.2, 0.25) is 0 Å². The predicted molar refractivity (Wildman–Crippen MR) is 192 cm³/mol. The fourth-order valence-electron chi connectivity index (χ4n) is 6.79. The van der Waals surface area contributed by atoms with E-state index in [0.29, 0.717) is 41.8 Å². The molecule has 6 heterocycles. The number of rotatable bonds is 12. The number of nitrogens with one attached hydrogen (secondary N) is 2. The molecule has 0 aliphatic carbocycles. The third-order valence-electron chi connectivity index (χ3n) is 9.60. The number of aromatic amines is 2. The van der Waals surface area contributed by atoms with Crippen molar-refractivity contribution in [3.05, 3.63) is 88.0 Å². The zero-order chi connectivity index (χ0) is 40.8. The minimum absolute atomic E-state index is 0.126. The number of nitrogens with zero attached hydrogens (tertiary/aromatic N) is 8. The molecule has 2 aliphatic rings. The van der Waals surface area contributed by atoms with Gasteiger partial charge in [-0.1, -0.05) is 37.1 Å². The predicted octanol–water partition coefficient (Wildman–Crippen LogP) is -0.607. The molecule has 0 radical (unpaired) electrons. The Morgan fingerprint density at radius 2 is 1.25 bits per heavy atom. The van der Waals surface area contributed by atoms with Crippen molar-refractivity contribution in [2.45, 2.75) is 103 Å². The molecule has 2 fully saturated rings. The van der Waals surface area contributed by atoms with Crippen LogP contribution >= 0.6 is 0 Å². The van der Waals surface area contributed by atoms with Gasteiger partial charge >= 0.3 is 23.3 Å². The topological polar surface area (TPSA) is 283 Å². The van der Waals surface area contributed by atoms with Gasteiger partial charge in [-0.3, -0.25) is 28.7 Å². The highest BCUT2D eigenvalue weighted by atomic mass is 16.5. The molecule has 0 amide bonds.